The number of piperazine rings is 1. The van der Waals surface area contributed by atoms with Crippen molar-refractivity contribution in [1.29, 1.82) is 0 Å². The normalized spacial score (nSPS) is 16.5. The van der Waals surface area contributed by atoms with Crippen LogP contribution in [0.4, 0.5) is 33.5 Å². The number of nitrogens with one attached hydrogen (secondary N) is 2. The molecule has 0 spiro atoms. The zero-order chi connectivity index (χ0) is 35.6. The maximum Gasteiger partial charge on any atom is 0.435 e. The predicted octanol–water partition coefficient (Wildman–Crippen LogP) is 4.10. The number of piperidine rings is 1. The summed E-state index contributed by atoms with van der Waals surface area (Å²) in [7, 11) is 0. The number of hydrogen-bond donors (Lipinski definition) is 2. The lowest BCUT2D eigenvalue weighted by atomic mass is 9.91. The summed E-state index contributed by atoms with van der Waals surface area (Å²) in [5, 5.41) is 9.68. The molecular formula is C31H31ClF5N9O4. The van der Waals surface area contributed by atoms with Gasteiger partial charge in [-0.3, -0.25) is 23.5 Å². The summed E-state index contributed by atoms with van der Waals surface area (Å²) < 4.78 is 74.2. The number of anilines is 2. The van der Waals surface area contributed by atoms with Gasteiger partial charge in [-0.05, 0) is 44.1 Å². The van der Waals surface area contributed by atoms with Crippen LogP contribution in [-0.2, 0) is 27.0 Å². The number of nitrogens with zero attached hydrogens (tertiary/aromatic N) is 7. The number of halogens is 6. The van der Waals surface area contributed by atoms with Crippen LogP contribution < -0.4 is 10.6 Å². The molecule has 0 bridgehead atoms. The van der Waals surface area contributed by atoms with Crippen LogP contribution in [0.1, 0.15) is 28.9 Å². The lowest BCUT2D eigenvalue weighted by Crippen LogP contribution is -2.55. The number of hydrogen-bond acceptors (Lipinski definition) is 9. The van der Waals surface area contributed by atoms with Crippen LogP contribution in [0.25, 0.3) is 16.9 Å². The van der Waals surface area contributed by atoms with Crippen molar-refractivity contribution in [2.24, 2.45) is 5.92 Å². The van der Waals surface area contributed by atoms with Crippen LogP contribution in [0.5, 0.6) is 0 Å². The number of amides is 2. The van der Waals surface area contributed by atoms with E-state index in [-0.39, 0.29) is 71.7 Å². The number of fused-ring (bicyclic) bond motifs is 1. The van der Waals surface area contributed by atoms with Gasteiger partial charge in [0, 0.05) is 56.4 Å². The highest BCUT2D eigenvalue weighted by Crippen LogP contribution is 2.37. The molecule has 13 nitrogen and oxygen atoms in total. The Morgan fingerprint density at radius 3 is 2.48 bits per heavy atom. The van der Waals surface area contributed by atoms with E-state index in [0.717, 1.165) is 25.5 Å². The lowest BCUT2D eigenvalue weighted by Gasteiger charge is -2.38. The summed E-state index contributed by atoms with van der Waals surface area (Å²) in [6.07, 6.45) is -2.52. The first-order chi connectivity index (χ1) is 23.9. The number of aromatic nitrogens is 5. The average molecular weight is 724 g/mol. The maximum absolute atomic E-state index is 13.8. The highest BCUT2D eigenvalue weighted by atomic mass is 35.5. The van der Waals surface area contributed by atoms with Gasteiger partial charge in [-0.25, -0.2) is 18.7 Å². The summed E-state index contributed by atoms with van der Waals surface area (Å²) in [5.41, 5.74) is -1.08. The fraction of sp³-hybridized carbons (Fsp3) is 0.419. The summed E-state index contributed by atoms with van der Waals surface area (Å²) in [5.74, 6) is -0.562. The second-order valence-corrected chi connectivity index (χ2v) is 12.2. The zero-order valence-corrected chi connectivity index (χ0v) is 27.0. The van der Waals surface area contributed by atoms with Gasteiger partial charge >= 0.3 is 6.18 Å². The third kappa shape index (κ3) is 7.35. The highest BCUT2D eigenvalue weighted by molar-refractivity contribution is 6.34. The largest absolute Gasteiger partial charge is 0.454 e. The SMILES string of the molecule is O=COC(C(=O)N1CCN(C(=O)c2ccc(Nc3nccn4c(-c5cn(CC(F)F)nc5C(F)(F)F)cnc34)cc2Cl)CC1)C1CCNCC1. The number of benzene rings is 1. The molecule has 5 heterocycles. The fourth-order valence-corrected chi connectivity index (χ4v) is 6.48. The molecule has 0 radical (unpaired) electrons. The molecule has 3 aromatic heterocycles. The molecule has 2 fully saturated rings. The maximum atomic E-state index is 13.8. The van der Waals surface area contributed by atoms with E-state index in [1.807, 2.05) is 0 Å². The monoisotopic (exact) mass is 723 g/mol. The molecule has 2 aliphatic rings. The number of carbonyl (C=O) groups excluding carboxylic acids is 3. The molecule has 1 aromatic carbocycles. The summed E-state index contributed by atoms with van der Waals surface area (Å²) in [6.45, 7) is 1.75. The van der Waals surface area contributed by atoms with Gasteiger partial charge in [0.2, 0.25) is 0 Å². The van der Waals surface area contributed by atoms with Crippen molar-refractivity contribution in [2.75, 3.05) is 44.6 Å². The molecule has 0 aliphatic carbocycles. The Morgan fingerprint density at radius 2 is 1.82 bits per heavy atom. The first-order valence-electron chi connectivity index (χ1n) is 15.6. The van der Waals surface area contributed by atoms with Crippen LogP contribution >= 0.6 is 11.6 Å². The summed E-state index contributed by atoms with van der Waals surface area (Å²) in [6, 6.07) is 4.57. The molecule has 1 unspecified atom stereocenters. The number of alkyl halides is 5. The molecule has 50 heavy (non-hydrogen) atoms. The number of carbonyl (C=O) groups is 3. The first kappa shape index (κ1) is 35.0. The van der Waals surface area contributed by atoms with Gasteiger partial charge in [-0.2, -0.15) is 18.3 Å². The molecule has 4 aromatic rings. The summed E-state index contributed by atoms with van der Waals surface area (Å²) >= 11 is 6.53. The van der Waals surface area contributed by atoms with Gasteiger partial charge in [0.1, 0.15) is 6.54 Å². The van der Waals surface area contributed by atoms with E-state index in [1.54, 1.807) is 15.9 Å². The van der Waals surface area contributed by atoms with Crippen molar-refractivity contribution in [3.8, 4) is 11.3 Å². The molecule has 1 atom stereocenters. The molecule has 0 saturated carbocycles. The van der Waals surface area contributed by atoms with Gasteiger partial charge in [-0.1, -0.05) is 11.6 Å². The Labute approximate surface area is 286 Å². The smallest absolute Gasteiger partial charge is 0.435 e. The van der Waals surface area contributed by atoms with Crippen LogP contribution in [0.2, 0.25) is 5.02 Å². The van der Waals surface area contributed by atoms with Crippen molar-refractivity contribution in [3.63, 3.8) is 0 Å². The van der Waals surface area contributed by atoms with E-state index in [9.17, 15) is 36.3 Å². The van der Waals surface area contributed by atoms with E-state index in [2.05, 4.69) is 25.7 Å². The fourth-order valence-electron chi connectivity index (χ4n) is 6.22. The molecule has 2 N–H and O–H groups in total. The Bertz CT molecular complexity index is 1870. The van der Waals surface area contributed by atoms with E-state index in [4.69, 9.17) is 16.3 Å². The van der Waals surface area contributed by atoms with Crippen LogP contribution in [0.15, 0.2) is 43.0 Å². The van der Waals surface area contributed by atoms with Gasteiger partial charge in [0.25, 0.3) is 24.7 Å². The minimum Gasteiger partial charge on any atom is -0.454 e. The Kier molecular flexibility index (Phi) is 10.2. The first-order valence-corrected chi connectivity index (χ1v) is 16.0. The topological polar surface area (TPSA) is 139 Å². The van der Waals surface area contributed by atoms with Gasteiger partial charge in [0.15, 0.2) is 23.3 Å². The minimum absolute atomic E-state index is 0.0443. The van der Waals surface area contributed by atoms with E-state index < -0.39 is 36.5 Å². The quantitative estimate of drug-likeness (QED) is 0.183. The van der Waals surface area contributed by atoms with E-state index in [0.29, 0.717) is 29.7 Å². The molecule has 19 heteroatoms. The third-order valence-corrected chi connectivity index (χ3v) is 8.97. The van der Waals surface area contributed by atoms with E-state index >= 15 is 0 Å². The average Bonchev–Trinajstić information content (AvgIpc) is 3.72. The van der Waals surface area contributed by atoms with Crippen LogP contribution in [-0.4, -0.2) is 104 Å². The van der Waals surface area contributed by atoms with Crippen molar-refractivity contribution >= 4 is 47.0 Å². The molecular weight excluding hydrogens is 693 g/mol. The number of ether oxygens (including phenoxy) is 1. The Hall–Kier alpha value is -4.84. The summed E-state index contributed by atoms with van der Waals surface area (Å²) in [4.78, 5) is 49.4. The van der Waals surface area contributed by atoms with Crippen molar-refractivity contribution < 1.29 is 41.1 Å². The van der Waals surface area contributed by atoms with E-state index in [1.165, 1.54) is 28.9 Å². The minimum atomic E-state index is -4.91. The van der Waals surface area contributed by atoms with Gasteiger partial charge < -0.3 is 25.2 Å². The molecule has 6 rings (SSSR count). The third-order valence-electron chi connectivity index (χ3n) is 8.66. The molecule has 2 saturated heterocycles. The number of imidazole rings is 1. The second-order valence-electron chi connectivity index (χ2n) is 11.8. The van der Waals surface area contributed by atoms with Crippen LogP contribution in [0.3, 0.4) is 0 Å². The molecule has 266 valence electrons. The molecule has 2 amide bonds. The van der Waals surface area contributed by atoms with Crippen molar-refractivity contribution in [3.05, 3.63) is 59.3 Å². The standard InChI is InChI=1S/C31H31ClF5N9O4/c32-22-13-19(1-2-20(22)29(48)43-9-11-44(12-10-43)30(49)25(50-17-47)18-3-5-38-6-4-18)41-27-28-40-14-23(46(28)8-7-39-27)21-15-45(16-24(33)34)42-26(21)31(35,36)37/h1-2,7-8,13-15,17-18,24-25,38H,3-6,9-12,16H2,(H,39,41). The highest BCUT2D eigenvalue weighted by Gasteiger charge is 2.39. The van der Waals surface area contributed by atoms with Gasteiger partial charge in [0.05, 0.1) is 28.0 Å². The number of rotatable bonds is 10. The Balaban J connectivity index is 1.14. The van der Waals surface area contributed by atoms with Crippen molar-refractivity contribution in [2.45, 2.75) is 38.1 Å². The lowest BCUT2D eigenvalue weighted by molar-refractivity contribution is -0.157. The zero-order valence-electron chi connectivity index (χ0n) is 26.2. The predicted molar refractivity (Wildman–Crippen MR) is 169 cm³/mol. The molecule has 2 aliphatic heterocycles. The Morgan fingerprint density at radius 1 is 1.10 bits per heavy atom. The van der Waals surface area contributed by atoms with Gasteiger partial charge in [-0.15, -0.1) is 0 Å². The second kappa shape index (κ2) is 14.6. The van der Waals surface area contributed by atoms with Crippen molar-refractivity contribution in [1.82, 2.24) is 39.3 Å². The van der Waals surface area contributed by atoms with Crippen LogP contribution in [0, 0.1) is 5.92 Å².